The number of ether oxygens (including phenoxy) is 1. The van der Waals surface area contributed by atoms with Crippen LogP contribution in [0.3, 0.4) is 0 Å². The quantitative estimate of drug-likeness (QED) is 0.702. The minimum Gasteiger partial charge on any atom is -0.472 e. The molecule has 0 saturated carbocycles. The highest BCUT2D eigenvalue weighted by Gasteiger charge is 2.11. The average molecular weight is 219 g/mol. The van der Waals surface area contributed by atoms with Gasteiger partial charge in [-0.15, -0.1) is 0 Å². The van der Waals surface area contributed by atoms with Gasteiger partial charge in [-0.2, -0.15) is 9.36 Å². The summed E-state index contributed by atoms with van der Waals surface area (Å²) >= 11 is 2.11. The van der Waals surface area contributed by atoms with Crippen molar-refractivity contribution in [3.63, 3.8) is 0 Å². The van der Waals surface area contributed by atoms with Gasteiger partial charge in [0.25, 0.3) is 10.4 Å². The molecule has 72 valence electrons. The average Bonchev–Trinajstić information content (AvgIpc) is 2.52. The maximum atomic E-state index is 11.2. The van der Waals surface area contributed by atoms with Gasteiger partial charge in [0.15, 0.2) is 0 Å². The van der Waals surface area contributed by atoms with Crippen molar-refractivity contribution in [3.8, 4) is 5.19 Å². The summed E-state index contributed by atoms with van der Waals surface area (Å²) in [6.45, 7) is 0. The number of nitrogens with zero attached hydrogens (tertiary/aromatic N) is 3. The lowest BCUT2D eigenvalue weighted by atomic mass is 11.0. The molecule has 0 N–H and O–H groups in total. The van der Waals surface area contributed by atoms with Crippen LogP contribution >= 0.6 is 23.3 Å². The Morgan fingerprint density at radius 3 is 2.77 bits per heavy atom. The highest BCUT2D eigenvalue weighted by molar-refractivity contribution is 8.13. The van der Waals surface area contributed by atoms with Gasteiger partial charge in [-0.3, -0.25) is 4.79 Å². The lowest BCUT2D eigenvalue weighted by Crippen LogP contribution is -2.16. The van der Waals surface area contributed by atoms with Crippen LogP contribution in [0.5, 0.6) is 5.19 Å². The summed E-state index contributed by atoms with van der Waals surface area (Å²) in [5.41, 5.74) is 0. The van der Waals surface area contributed by atoms with E-state index >= 15 is 0 Å². The highest BCUT2D eigenvalue weighted by atomic mass is 32.2. The predicted octanol–water partition coefficient (Wildman–Crippen LogP) is 1.32. The first-order valence-electron chi connectivity index (χ1n) is 3.40. The van der Waals surface area contributed by atoms with E-state index in [1.54, 1.807) is 14.1 Å². The molecule has 0 aliphatic heterocycles. The van der Waals surface area contributed by atoms with E-state index in [9.17, 15) is 4.79 Å². The Hall–Kier alpha value is -0.820. The fourth-order valence-corrected chi connectivity index (χ4v) is 1.68. The third kappa shape index (κ3) is 2.85. The molecule has 13 heavy (non-hydrogen) atoms. The largest absolute Gasteiger partial charge is 0.472 e. The number of hydrogen-bond acceptors (Lipinski definition) is 6. The van der Waals surface area contributed by atoms with Crippen molar-refractivity contribution in [1.82, 2.24) is 14.3 Å². The maximum Gasteiger partial charge on any atom is 0.293 e. The molecular weight excluding hydrogens is 210 g/mol. The Bertz CT molecular complexity index is 300. The Morgan fingerprint density at radius 2 is 2.31 bits per heavy atom. The normalized spacial score (nSPS) is 9.77. The SMILES string of the molecule is COc1nc(SC(=O)N(C)C)ns1. The molecule has 0 spiro atoms. The zero-order valence-electron chi connectivity index (χ0n) is 7.47. The van der Waals surface area contributed by atoms with E-state index in [4.69, 9.17) is 4.74 Å². The first-order chi connectivity index (χ1) is 6.13. The zero-order chi connectivity index (χ0) is 9.84. The molecule has 1 aromatic rings. The summed E-state index contributed by atoms with van der Waals surface area (Å²) in [5.74, 6) is 0. The minimum absolute atomic E-state index is 0.0968. The third-order valence-electron chi connectivity index (χ3n) is 1.11. The smallest absolute Gasteiger partial charge is 0.293 e. The van der Waals surface area contributed by atoms with Crippen LogP contribution in [-0.4, -0.2) is 40.7 Å². The van der Waals surface area contributed by atoms with E-state index in [2.05, 4.69) is 9.36 Å². The topological polar surface area (TPSA) is 55.3 Å². The van der Waals surface area contributed by atoms with Crippen LogP contribution in [0.2, 0.25) is 0 Å². The Morgan fingerprint density at radius 1 is 1.62 bits per heavy atom. The fourth-order valence-electron chi connectivity index (χ4n) is 0.491. The second-order valence-corrected chi connectivity index (χ2v) is 3.94. The Kier molecular flexibility index (Phi) is 3.49. The number of thioether (sulfide) groups is 1. The highest BCUT2D eigenvalue weighted by Crippen LogP contribution is 2.22. The summed E-state index contributed by atoms with van der Waals surface area (Å²) in [6, 6.07) is 0. The first-order valence-corrected chi connectivity index (χ1v) is 4.99. The molecule has 0 aromatic carbocycles. The summed E-state index contributed by atoms with van der Waals surface area (Å²) < 4.78 is 8.77. The van der Waals surface area contributed by atoms with Crippen LogP contribution in [0.4, 0.5) is 4.79 Å². The molecule has 0 aliphatic rings. The molecule has 1 rings (SSSR count). The van der Waals surface area contributed by atoms with Gasteiger partial charge < -0.3 is 9.64 Å². The van der Waals surface area contributed by atoms with Gasteiger partial charge in [-0.05, 0) is 0 Å². The number of methoxy groups -OCH3 is 1. The van der Waals surface area contributed by atoms with Crippen LogP contribution in [-0.2, 0) is 0 Å². The second-order valence-electron chi connectivity index (χ2n) is 2.31. The summed E-state index contributed by atoms with van der Waals surface area (Å²) in [4.78, 5) is 16.6. The van der Waals surface area contributed by atoms with Gasteiger partial charge in [0.05, 0.1) is 7.11 Å². The lowest BCUT2D eigenvalue weighted by Gasteiger charge is -2.05. The molecule has 0 atom stereocenters. The van der Waals surface area contributed by atoms with Gasteiger partial charge in [-0.25, -0.2) is 0 Å². The van der Waals surface area contributed by atoms with Crippen molar-refractivity contribution in [3.05, 3.63) is 0 Å². The molecular formula is C6H9N3O2S2. The summed E-state index contributed by atoms with van der Waals surface area (Å²) in [6.07, 6.45) is 0. The predicted molar refractivity (Wildman–Crippen MR) is 51.4 cm³/mol. The van der Waals surface area contributed by atoms with E-state index in [0.717, 1.165) is 23.3 Å². The lowest BCUT2D eigenvalue weighted by molar-refractivity contribution is 0.241. The maximum absolute atomic E-state index is 11.2. The van der Waals surface area contributed by atoms with E-state index < -0.39 is 0 Å². The van der Waals surface area contributed by atoms with Gasteiger partial charge in [0, 0.05) is 37.4 Å². The molecule has 5 nitrogen and oxygen atoms in total. The number of hydrogen-bond donors (Lipinski definition) is 0. The zero-order valence-corrected chi connectivity index (χ0v) is 9.11. The molecule has 7 heteroatoms. The molecule has 0 aliphatic carbocycles. The van der Waals surface area contributed by atoms with Gasteiger partial charge >= 0.3 is 0 Å². The van der Waals surface area contributed by atoms with Gasteiger partial charge in [-0.1, -0.05) is 0 Å². The number of amides is 1. The van der Waals surface area contributed by atoms with E-state index in [0.29, 0.717) is 10.4 Å². The molecule has 0 fully saturated rings. The molecule has 0 unspecified atom stereocenters. The number of carbonyl (C=O) groups is 1. The van der Waals surface area contributed by atoms with Crippen LogP contribution in [0.1, 0.15) is 0 Å². The summed E-state index contributed by atoms with van der Waals surface area (Å²) in [5, 5.41) is 0.801. The Balaban J connectivity index is 2.59. The molecule has 0 saturated heterocycles. The summed E-state index contributed by atoms with van der Waals surface area (Å²) in [7, 11) is 4.88. The van der Waals surface area contributed by atoms with Gasteiger partial charge in [0.1, 0.15) is 0 Å². The number of rotatable bonds is 2. The van der Waals surface area contributed by atoms with Crippen molar-refractivity contribution >= 4 is 28.5 Å². The number of aromatic nitrogens is 2. The molecule has 0 radical (unpaired) electrons. The van der Waals surface area contributed by atoms with Crippen LogP contribution in [0.25, 0.3) is 0 Å². The number of carbonyl (C=O) groups excluding carboxylic acids is 1. The van der Waals surface area contributed by atoms with E-state index in [-0.39, 0.29) is 5.24 Å². The first kappa shape index (κ1) is 10.3. The van der Waals surface area contributed by atoms with Crippen molar-refractivity contribution in [1.29, 1.82) is 0 Å². The van der Waals surface area contributed by atoms with Crippen LogP contribution < -0.4 is 4.74 Å². The van der Waals surface area contributed by atoms with Crippen molar-refractivity contribution in [2.75, 3.05) is 21.2 Å². The van der Waals surface area contributed by atoms with Crippen molar-refractivity contribution in [2.45, 2.75) is 5.16 Å². The molecule has 0 bridgehead atoms. The van der Waals surface area contributed by atoms with E-state index in [1.165, 1.54) is 12.0 Å². The van der Waals surface area contributed by atoms with Gasteiger partial charge in [0.2, 0.25) is 5.16 Å². The van der Waals surface area contributed by atoms with Crippen LogP contribution in [0, 0.1) is 0 Å². The fraction of sp³-hybridized carbons (Fsp3) is 0.500. The minimum atomic E-state index is -0.0968. The standard InChI is InChI=1S/C6H9N3O2S2/c1-9(2)6(10)12-4-7-5(11-3)13-8-4/h1-3H3. The Labute approximate surface area is 84.3 Å². The molecule has 1 amide bonds. The van der Waals surface area contributed by atoms with Crippen LogP contribution in [0.15, 0.2) is 5.16 Å². The molecule has 1 heterocycles. The second kappa shape index (κ2) is 4.43. The monoisotopic (exact) mass is 219 g/mol. The van der Waals surface area contributed by atoms with Crippen molar-refractivity contribution < 1.29 is 9.53 Å². The third-order valence-corrected chi connectivity index (χ3v) is 2.81. The van der Waals surface area contributed by atoms with E-state index in [1.807, 2.05) is 0 Å². The molecule has 1 aromatic heterocycles. The van der Waals surface area contributed by atoms with Crippen molar-refractivity contribution in [2.24, 2.45) is 0 Å².